The lowest BCUT2D eigenvalue weighted by Crippen LogP contribution is -2.23. The fourth-order valence-corrected chi connectivity index (χ4v) is 3.21. The molecule has 2 heteroatoms. The highest BCUT2D eigenvalue weighted by atomic mass is 16.5. The summed E-state index contributed by atoms with van der Waals surface area (Å²) in [6.45, 7) is 4.99. The molecule has 2 aromatic rings. The smallest absolute Gasteiger partial charge is 0.125 e. The Morgan fingerprint density at radius 2 is 1.57 bits per heavy atom. The highest BCUT2D eigenvalue weighted by Crippen LogP contribution is 2.44. The monoisotopic (exact) mass is 305 g/mol. The van der Waals surface area contributed by atoms with Gasteiger partial charge >= 0.3 is 0 Å². The predicted octanol–water partition coefficient (Wildman–Crippen LogP) is 4.89. The van der Waals surface area contributed by atoms with Crippen LogP contribution in [0.4, 0.5) is 0 Å². The zero-order valence-electron chi connectivity index (χ0n) is 13.8. The molecule has 0 saturated carbocycles. The van der Waals surface area contributed by atoms with Crippen molar-refractivity contribution in [3.8, 4) is 0 Å². The normalized spacial score (nSPS) is 16.9. The van der Waals surface area contributed by atoms with Crippen LogP contribution in [0.15, 0.2) is 78.2 Å². The summed E-state index contributed by atoms with van der Waals surface area (Å²) in [4.78, 5) is 0. The quantitative estimate of drug-likeness (QED) is 0.873. The highest BCUT2D eigenvalue weighted by molar-refractivity contribution is 5.75. The summed E-state index contributed by atoms with van der Waals surface area (Å²) in [7, 11) is 0. The molecule has 118 valence electrons. The number of hydrogen-bond acceptors (Lipinski definition) is 2. The van der Waals surface area contributed by atoms with E-state index in [-0.39, 0.29) is 5.41 Å². The molecule has 2 N–H and O–H groups in total. The summed E-state index contributed by atoms with van der Waals surface area (Å²) in [6.07, 6.45) is 2.83. The third-order valence-electron chi connectivity index (χ3n) is 4.19. The van der Waals surface area contributed by atoms with Crippen LogP contribution in [0.2, 0.25) is 0 Å². The van der Waals surface area contributed by atoms with Crippen molar-refractivity contribution in [1.82, 2.24) is 0 Å². The molecule has 0 saturated heterocycles. The lowest BCUT2D eigenvalue weighted by Gasteiger charge is -2.34. The van der Waals surface area contributed by atoms with E-state index in [4.69, 9.17) is 10.5 Å². The first-order valence-corrected chi connectivity index (χ1v) is 7.99. The van der Waals surface area contributed by atoms with Gasteiger partial charge in [0.1, 0.15) is 12.4 Å². The molecule has 1 aliphatic rings. The van der Waals surface area contributed by atoms with Gasteiger partial charge in [-0.3, -0.25) is 0 Å². The van der Waals surface area contributed by atoms with Crippen molar-refractivity contribution in [3.63, 3.8) is 0 Å². The van der Waals surface area contributed by atoms with Crippen LogP contribution in [-0.4, -0.2) is 0 Å². The first-order chi connectivity index (χ1) is 11.1. The Hall–Kier alpha value is -2.48. The van der Waals surface area contributed by atoms with E-state index in [1.807, 2.05) is 30.3 Å². The minimum absolute atomic E-state index is 0.0494. The fourth-order valence-electron chi connectivity index (χ4n) is 3.21. The number of allylic oxidation sites excluding steroid dienone is 3. The first kappa shape index (κ1) is 15.4. The average molecular weight is 305 g/mol. The van der Waals surface area contributed by atoms with Crippen molar-refractivity contribution in [2.24, 2.45) is 11.1 Å². The second-order valence-electron chi connectivity index (χ2n) is 6.66. The summed E-state index contributed by atoms with van der Waals surface area (Å²) >= 11 is 0. The lowest BCUT2D eigenvalue weighted by molar-refractivity contribution is 0.206. The molecular formula is C21H23NO. The Morgan fingerprint density at radius 1 is 0.957 bits per heavy atom. The topological polar surface area (TPSA) is 35.2 Å². The van der Waals surface area contributed by atoms with Crippen LogP contribution in [0.5, 0.6) is 0 Å². The molecule has 0 aromatic heterocycles. The molecule has 0 spiro atoms. The van der Waals surface area contributed by atoms with Gasteiger partial charge in [0.2, 0.25) is 0 Å². The van der Waals surface area contributed by atoms with Crippen LogP contribution in [0.1, 0.15) is 31.4 Å². The SMILES string of the molecule is CC1(C)CC(N)=CC(OCc2ccccc2)=C1c1ccccc1. The third kappa shape index (κ3) is 3.48. The van der Waals surface area contributed by atoms with Gasteiger partial charge in [-0.1, -0.05) is 74.5 Å². The van der Waals surface area contributed by atoms with Crippen LogP contribution < -0.4 is 5.73 Å². The fraction of sp³-hybridized carbons (Fsp3) is 0.238. The second-order valence-corrected chi connectivity index (χ2v) is 6.66. The maximum absolute atomic E-state index is 6.17. The van der Waals surface area contributed by atoms with Crippen LogP contribution in [0, 0.1) is 5.41 Å². The summed E-state index contributed by atoms with van der Waals surface area (Å²) in [5, 5.41) is 0. The van der Waals surface area contributed by atoms with Gasteiger partial charge in [-0.25, -0.2) is 0 Å². The Balaban J connectivity index is 1.98. The minimum Gasteiger partial charge on any atom is -0.489 e. The Bertz CT molecular complexity index is 727. The van der Waals surface area contributed by atoms with Crippen LogP contribution in [0.25, 0.3) is 5.57 Å². The van der Waals surface area contributed by atoms with Gasteiger partial charge in [-0.15, -0.1) is 0 Å². The van der Waals surface area contributed by atoms with Crippen molar-refractivity contribution in [2.45, 2.75) is 26.9 Å². The molecule has 0 atom stereocenters. The molecule has 0 amide bonds. The summed E-state index contributed by atoms with van der Waals surface area (Å²) in [5.74, 6) is 0.883. The Morgan fingerprint density at radius 3 is 2.22 bits per heavy atom. The van der Waals surface area contributed by atoms with Gasteiger partial charge in [0.05, 0.1) is 0 Å². The van der Waals surface area contributed by atoms with E-state index in [1.54, 1.807) is 0 Å². The Kier molecular flexibility index (Phi) is 4.24. The van der Waals surface area contributed by atoms with Gasteiger partial charge < -0.3 is 10.5 Å². The van der Waals surface area contributed by atoms with E-state index in [0.717, 1.165) is 23.4 Å². The predicted molar refractivity (Wildman–Crippen MR) is 95.3 cm³/mol. The third-order valence-corrected chi connectivity index (χ3v) is 4.19. The lowest BCUT2D eigenvalue weighted by atomic mass is 9.73. The molecule has 0 fully saturated rings. The van der Waals surface area contributed by atoms with E-state index in [2.05, 4.69) is 50.2 Å². The largest absolute Gasteiger partial charge is 0.489 e. The molecule has 0 unspecified atom stereocenters. The zero-order valence-corrected chi connectivity index (χ0v) is 13.8. The van der Waals surface area contributed by atoms with Crippen LogP contribution in [-0.2, 0) is 11.3 Å². The van der Waals surface area contributed by atoms with Gasteiger partial charge in [0, 0.05) is 11.3 Å². The molecule has 0 heterocycles. The molecule has 3 rings (SSSR count). The van der Waals surface area contributed by atoms with E-state index in [0.29, 0.717) is 6.61 Å². The van der Waals surface area contributed by atoms with Crippen molar-refractivity contribution < 1.29 is 4.74 Å². The molecule has 0 radical (unpaired) electrons. The molecule has 23 heavy (non-hydrogen) atoms. The van der Waals surface area contributed by atoms with Crippen molar-refractivity contribution in [3.05, 3.63) is 89.3 Å². The van der Waals surface area contributed by atoms with Gasteiger partial charge in [0.15, 0.2) is 0 Å². The van der Waals surface area contributed by atoms with Crippen molar-refractivity contribution >= 4 is 5.57 Å². The van der Waals surface area contributed by atoms with Crippen molar-refractivity contribution in [2.75, 3.05) is 0 Å². The zero-order chi connectivity index (χ0) is 16.3. The van der Waals surface area contributed by atoms with E-state index in [9.17, 15) is 0 Å². The molecule has 2 nitrogen and oxygen atoms in total. The van der Waals surface area contributed by atoms with Crippen LogP contribution >= 0.6 is 0 Å². The standard InChI is InChI=1S/C21H23NO/c1-21(2)14-18(22)13-19(20(21)17-11-7-4-8-12-17)23-15-16-9-5-3-6-10-16/h3-13H,14-15,22H2,1-2H3. The maximum Gasteiger partial charge on any atom is 0.125 e. The molecule has 1 aliphatic carbocycles. The molecule has 0 aliphatic heterocycles. The second kappa shape index (κ2) is 6.33. The molecule has 2 aromatic carbocycles. The number of rotatable bonds is 4. The number of benzene rings is 2. The Labute approximate surface area is 138 Å². The minimum atomic E-state index is -0.0494. The maximum atomic E-state index is 6.17. The first-order valence-electron chi connectivity index (χ1n) is 7.99. The average Bonchev–Trinajstić information content (AvgIpc) is 2.53. The highest BCUT2D eigenvalue weighted by Gasteiger charge is 2.32. The summed E-state index contributed by atoms with van der Waals surface area (Å²) in [6, 6.07) is 20.7. The summed E-state index contributed by atoms with van der Waals surface area (Å²) in [5.41, 5.74) is 10.6. The van der Waals surface area contributed by atoms with Gasteiger partial charge in [-0.05, 0) is 29.0 Å². The number of hydrogen-bond donors (Lipinski definition) is 1. The number of ether oxygens (including phenoxy) is 1. The van der Waals surface area contributed by atoms with E-state index < -0.39 is 0 Å². The molecular weight excluding hydrogens is 282 g/mol. The van der Waals surface area contributed by atoms with Crippen molar-refractivity contribution in [1.29, 1.82) is 0 Å². The van der Waals surface area contributed by atoms with Gasteiger partial charge in [-0.2, -0.15) is 0 Å². The van der Waals surface area contributed by atoms with E-state index in [1.165, 1.54) is 11.1 Å². The van der Waals surface area contributed by atoms with Crippen LogP contribution in [0.3, 0.4) is 0 Å². The number of nitrogens with two attached hydrogens (primary N) is 1. The van der Waals surface area contributed by atoms with Gasteiger partial charge in [0.25, 0.3) is 0 Å². The summed E-state index contributed by atoms with van der Waals surface area (Å²) < 4.78 is 6.17. The molecule has 0 bridgehead atoms. The van der Waals surface area contributed by atoms with E-state index >= 15 is 0 Å².